The molecule has 30 heavy (non-hydrogen) atoms. The standard InChI is InChI=1S/C23H18N2O4S/c1-12-10-16-17(11-13(12)2)29-21-18(20(16)26)19(14-4-6-15(28-3)7-5-14)25(22(21)27)23-24-8-9-30-23/h4-11,19H,1-3H3. The zero-order chi connectivity index (χ0) is 21.0. The summed E-state index contributed by atoms with van der Waals surface area (Å²) in [4.78, 5) is 32.8. The van der Waals surface area contributed by atoms with Crippen LogP contribution in [0.3, 0.4) is 0 Å². The normalized spacial score (nSPS) is 15.6. The molecule has 2 aromatic carbocycles. The number of hydrogen-bond acceptors (Lipinski definition) is 6. The van der Waals surface area contributed by atoms with E-state index in [1.807, 2.05) is 50.2 Å². The highest BCUT2D eigenvalue weighted by atomic mass is 32.1. The third-order valence-corrected chi connectivity index (χ3v) is 6.31. The Morgan fingerprint density at radius 2 is 1.83 bits per heavy atom. The molecule has 0 N–H and O–H groups in total. The van der Waals surface area contributed by atoms with Crippen LogP contribution in [-0.2, 0) is 0 Å². The Hall–Kier alpha value is -3.45. The number of fused-ring (bicyclic) bond motifs is 2. The van der Waals surface area contributed by atoms with Crippen molar-refractivity contribution in [3.05, 3.63) is 86.2 Å². The van der Waals surface area contributed by atoms with E-state index in [1.165, 1.54) is 11.3 Å². The number of amides is 1. The van der Waals surface area contributed by atoms with Crippen LogP contribution in [0.5, 0.6) is 5.75 Å². The minimum atomic E-state index is -0.619. The number of aromatic nitrogens is 1. The lowest BCUT2D eigenvalue weighted by atomic mass is 9.97. The van der Waals surface area contributed by atoms with Crippen molar-refractivity contribution >= 4 is 33.3 Å². The van der Waals surface area contributed by atoms with E-state index < -0.39 is 6.04 Å². The number of hydrogen-bond donors (Lipinski definition) is 0. The molecule has 0 saturated carbocycles. The summed E-state index contributed by atoms with van der Waals surface area (Å²) in [5, 5.41) is 2.79. The number of anilines is 1. The molecule has 1 aliphatic rings. The molecule has 0 saturated heterocycles. The fraction of sp³-hybridized carbons (Fsp3) is 0.174. The van der Waals surface area contributed by atoms with Crippen molar-refractivity contribution < 1.29 is 13.9 Å². The number of rotatable bonds is 3. The van der Waals surface area contributed by atoms with Crippen molar-refractivity contribution in [3.63, 3.8) is 0 Å². The quantitative estimate of drug-likeness (QED) is 0.485. The fourth-order valence-corrected chi connectivity index (χ4v) is 4.53. The monoisotopic (exact) mass is 418 g/mol. The minimum absolute atomic E-state index is 0.0757. The van der Waals surface area contributed by atoms with E-state index in [9.17, 15) is 9.59 Å². The second-order valence-corrected chi connectivity index (χ2v) is 8.15. The van der Waals surface area contributed by atoms with Gasteiger partial charge in [-0.05, 0) is 54.8 Å². The van der Waals surface area contributed by atoms with E-state index in [0.717, 1.165) is 16.7 Å². The van der Waals surface area contributed by atoms with Gasteiger partial charge in [0.15, 0.2) is 10.6 Å². The first kappa shape index (κ1) is 18.6. The number of carbonyl (C=O) groups is 1. The molecule has 4 aromatic rings. The molecule has 0 radical (unpaired) electrons. The zero-order valence-electron chi connectivity index (χ0n) is 16.6. The van der Waals surface area contributed by atoms with Gasteiger partial charge in [-0.2, -0.15) is 0 Å². The number of benzene rings is 2. The van der Waals surface area contributed by atoms with E-state index in [-0.39, 0.29) is 17.1 Å². The van der Waals surface area contributed by atoms with Gasteiger partial charge in [0.2, 0.25) is 5.76 Å². The van der Waals surface area contributed by atoms with Gasteiger partial charge in [-0.1, -0.05) is 12.1 Å². The van der Waals surface area contributed by atoms with Crippen LogP contribution in [0.25, 0.3) is 11.0 Å². The van der Waals surface area contributed by atoms with Gasteiger partial charge < -0.3 is 9.15 Å². The summed E-state index contributed by atoms with van der Waals surface area (Å²) in [6, 6.07) is 10.4. The second kappa shape index (κ2) is 6.81. The summed E-state index contributed by atoms with van der Waals surface area (Å²) < 4.78 is 11.3. The maximum Gasteiger partial charge on any atom is 0.297 e. The van der Waals surface area contributed by atoms with Crippen LogP contribution in [0.2, 0.25) is 0 Å². The van der Waals surface area contributed by atoms with Gasteiger partial charge in [-0.25, -0.2) is 4.98 Å². The minimum Gasteiger partial charge on any atom is -0.497 e. The maximum absolute atomic E-state index is 13.6. The van der Waals surface area contributed by atoms with Crippen molar-refractivity contribution in [3.8, 4) is 5.75 Å². The molecule has 0 bridgehead atoms. The van der Waals surface area contributed by atoms with Gasteiger partial charge in [0.1, 0.15) is 11.3 Å². The average Bonchev–Trinajstić information content (AvgIpc) is 3.37. The third kappa shape index (κ3) is 2.66. The van der Waals surface area contributed by atoms with E-state index in [0.29, 0.717) is 27.4 Å². The summed E-state index contributed by atoms with van der Waals surface area (Å²) in [5.74, 6) is 0.408. The number of carbonyl (C=O) groups excluding carboxylic acids is 1. The summed E-state index contributed by atoms with van der Waals surface area (Å²) in [5.41, 5.74) is 3.35. The van der Waals surface area contributed by atoms with E-state index in [1.54, 1.807) is 23.6 Å². The predicted octanol–water partition coefficient (Wildman–Crippen LogP) is 4.62. The molecule has 6 nitrogen and oxygen atoms in total. The van der Waals surface area contributed by atoms with Gasteiger partial charge in [-0.15, -0.1) is 11.3 Å². The van der Waals surface area contributed by atoms with Crippen molar-refractivity contribution in [2.24, 2.45) is 0 Å². The van der Waals surface area contributed by atoms with Gasteiger partial charge >= 0.3 is 0 Å². The predicted molar refractivity (Wildman–Crippen MR) is 116 cm³/mol. The maximum atomic E-state index is 13.6. The number of aryl methyl sites for hydroxylation is 2. The highest BCUT2D eigenvalue weighted by Gasteiger charge is 2.44. The smallest absolute Gasteiger partial charge is 0.297 e. The topological polar surface area (TPSA) is 72.6 Å². The first-order valence-electron chi connectivity index (χ1n) is 9.44. The molecular weight excluding hydrogens is 400 g/mol. The highest BCUT2D eigenvalue weighted by molar-refractivity contribution is 7.13. The zero-order valence-corrected chi connectivity index (χ0v) is 17.4. The Labute approximate surface area is 176 Å². The van der Waals surface area contributed by atoms with Gasteiger partial charge in [0.05, 0.1) is 24.1 Å². The third-order valence-electron chi connectivity index (χ3n) is 5.54. The molecule has 1 aliphatic heterocycles. The summed E-state index contributed by atoms with van der Waals surface area (Å²) in [7, 11) is 1.59. The van der Waals surface area contributed by atoms with Gasteiger partial charge in [0.25, 0.3) is 5.91 Å². The van der Waals surface area contributed by atoms with E-state index in [4.69, 9.17) is 9.15 Å². The number of methoxy groups -OCH3 is 1. The van der Waals surface area contributed by atoms with Crippen LogP contribution in [0.1, 0.15) is 38.9 Å². The lowest BCUT2D eigenvalue weighted by Crippen LogP contribution is -2.29. The number of thiazole rings is 1. The molecule has 5 rings (SSSR count). The Kier molecular flexibility index (Phi) is 4.22. The number of nitrogens with zero attached hydrogens (tertiary/aromatic N) is 2. The lowest BCUT2D eigenvalue weighted by Gasteiger charge is -2.22. The summed E-state index contributed by atoms with van der Waals surface area (Å²) in [6.45, 7) is 3.90. The Morgan fingerprint density at radius 1 is 1.10 bits per heavy atom. The van der Waals surface area contributed by atoms with Crippen molar-refractivity contribution in [2.75, 3.05) is 12.0 Å². The SMILES string of the molecule is COc1ccc(C2c3c(oc4cc(C)c(C)cc4c3=O)C(=O)N2c2nccs2)cc1. The Balaban J connectivity index is 1.81. The van der Waals surface area contributed by atoms with E-state index in [2.05, 4.69) is 4.98 Å². The Morgan fingerprint density at radius 3 is 2.50 bits per heavy atom. The van der Waals surface area contributed by atoms with Crippen molar-refractivity contribution in [1.82, 2.24) is 4.98 Å². The van der Waals surface area contributed by atoms with Crippen LogP contribution in [0.4, 0.5) is 5.13 Å². The molecule has 0 spiro atoms. The van der Waals surface area contributed by atoms with Crippen molar-refractivity contribution in [2.45, 2.75) is 19.9 Å². The molecule has 1 atom stereocenters. The first-order valence-corrected chi connectivity index (χ1v) is 10.3. The van der Waals surface area contributed by atoms with Crippen LogP contribution in [0, 0.1) is 13.8 Å². The van der Waals surface area contributed by atoms with Gasteiger partial charge in [-0.3, -0.25) is 14.5 Å². The highest BCUT2D eigenvalue weighted by Crippen LogP contribution is 2.42. The lowest BCUT2D eigenvalue weighted by molar-refractivity contribution is 0.0971. The van der Waals surface area contributed by atoms with Crippen LogP contribution in [0.15, 0.2) is 57.2 Å². The molecule has 2 aromatic heterocycles. The van der Waals surface area contributed by atoms with Crippen LogP contribution >= 0.6 is 11.3 Å². The largest absolute Gasteiger partial charge is 0.497 e. The second-order valence-electron chi connectivity index (χ2n) is 7.27. The number of ether oxygens (including phenoxy) is 1. The van der Waals surface area contributed by atoms with Crippen molar-refractivity contribution in [1.29, 1.82) is 0 Å². The molecule has 7 heteroatoms. The molecule has 0 aliphatic carbocycles. The Bertz CT molecular complexity index is 1340. The average molecular weight is 418 g/mol. The van der Waals surface area contributed by atoms with Crippen LogP contribution < -0.4 is 15.1 Å². The molecule has 0 fully saturated rings. The van der Waals surface area contributed by atoms with E-state index >= 15 is 0 Å². The molecular formula is C23H18N2O4S. The molecule has 3 heterocycles. The summed E-state index contributed by atoms with van der Waals surface area (Å²) in [6.07, 6.45) is 1.64. The van der Waals surface area contributed by atoms with Crippen LogP contribution in [-0.4, -0.2) is 18.0 Å². The fourth-order valence-electron chi connectivity index (χ4n) is 3.86. The molecule has 1 amide bonds. The first-order chi connectivity index (χ1) is 14.5. The molecule has 1 unspecified atom stereocenters. The van der Waals surface area contributed by atoms with Gasteiger partial charge in [0, 0.05) is 11.6 Å². The molecule has 150 valence electrons. The summed E-state index contributed by atoms with van der Waals surface area (Å²) >= 11 is 1.34.